The van der Waals surface area contributed by atoms with Crippen molar-refractivity contribution in [3.63, 3.8) is 0 Å². The second-order valence-corrected chi connectivity index (χ2v) is 4.28. The van der Waals surface area contributed by atoms with E-state index in [1.165, 1.54) is 0 Å². The second-order valence-electron chi connectivity index (χ2n) is 4.28. The number of carboxylic acids is 1. The first-order valence-electron chi connectivity index (χ1n) is 6.37. The average Bonchev–Trinajstić information content (AvgIpc) is 2.47. The quantitative estimate of drug-likeness (QED) is 0.691. The van der Waals surface area contributed by atoms with Crippen LogP contribution in [0.25, 0.3) is 10.9 Å². The molecule has 0 saturated carbocycles. The van der Waals surface area contributed by atoms with Crippen LogP contribution in [-0.2, 0) is 16.1 Å². The van der Waals surface area contributed by atoms with Crippen molar-refractivity contribution in [1.29, 1.82) is 0 Å². The van der Waals surface area contributed by atoms with E-state index in [1.807, 2.05) is 35.8 Å². The predicted molar refractivity (Wildman–Crippen MR) is 75.6 cm³/mol. The Morgan fingerprint density at radius 1 is 1.24 bits per heavy atom. The van der Waals surface area contributed by atoms with Crippen molar-refractivity contribution in [2.45, 2.75) is 6.42 Å². The van der Waals surface area contributed by atoms with E-state index in [0.717, 1.165) is 16.5 Å². The Morgan fingerprint density at radius 3 is 2.86 bits per heavy atom. The number of hydrogen-bond donors (Lipinski definition) is 3. The molecule has 0 fully saturated rings. The first-order chi connectivity index (χ1) is 10.2. The third-order valence-electron chi connectivity index (χ3n) is 2.76. The topological polar surface area (TPSA) is 101 Å². The number of nitrogens with zero attached hydrogens (tertiary/aromatic N) is 1. The van der Waals surface area contributed by atoms with Crippen LogP contribution in [0, 0.1) is 0 Å². The maximum absolute atomic E-state index is 11.3. The SMILES string of the molecule is O=C(O)CONC(=O)NCCc1cccc2cccnc12. The number of amides is 2. The van der Waals surface area contributed by atoms with Crippen molar-refractivity contribution in [2.75, 3.05) is 13.2 Å². The molecule has 0 spiro atoms. The van der Waals surface area contributed by atoms with Gasteiger partial charge in [0.2, 0.25) is 0 Å². The number of carbonyl (C=O) groups excluding carboxylic acids is 1. The van der Waals surface area contributed by atoms with Crippen molar-refractivity contribution >= 4 is 22.9 Å². The molecule has 0 bridgehead atoms. The highest BCUT2D eigenvalue weighted by Crippen LogP contribution is 2.15. The molecule has 7 nitrogen and oxygen atoms in total. The summed E-state index contributed by atoms with van der Waals surface area (Å²) < 4.78 is 0. The maximum atomic E-state index is 11.3. The highest BCUT2D eigenvalue weighted by atomic mass is 16.7. The van der Waals surface area contributed by atoms with Crippen LogP contribution in [0.3, 0.4) is 0 Å². The number of aliphatic carboxylic acids is 1. The fraction of sp³-hybridized carbons (Fsp3) is 0.214. The molecule has 110 valence electrons. The number of hydroxylamine groups is 1. The number of pyridine rings is 1. The van der Waals surface area contributed by atoms with Crippen molar-refractivity contribution in [2.24, 2.45) is 0 Å². The van der Waals surface area contributed by atoms with E-state index >= 15 is 0 Å². The van der Waals surface area contributed by atoms with Crippen LogP contribution in [-0.4, -0.2) is 35.2 Å². The Morgan fingerprint density at radius 2 is 2.05 bits per heavy atom. The molecule has 1 heterocycles. The van der Waals surface area contributed by atoms with Gasteiger partial charge < -0.3 is 10.4 Å². The van der Waals surface area contributed by atoms with Gasteiger partial charge in [-0.25, -0.2) is 15.1 Å². The van der Waals surface area contributed by atoms with Gasteiger partial charge in [0.25, 0.3) is 0 Å². The number of para-hydroxylation sites is 1. The Labute approximate surface area is 120 Å². The van der Waals surface area contributed by atoms with Gasteiger partial charge in [0.1, 0.15) is 0 Å². The van der Waals surface area contributed by atoms with Crippen molar-refractivity contribution in [1.82, 2.24) is 15.8 Å². The molecule has 1 aromatic carbocycles. The molecule has 0 aliphatic carbocycles. The van der Waals surface area contributed by atoms with Crippen LogP contribution >= 0.6 is 0 Å². The molecular weight excluding hydrogens is 274 g/mol. The second kappa shape index (κ2) is 7.20. The number of nitrogens with one attached hydrogen (secondary N) is 2. The summed E-state index contributed by atoms with van der Waals surface area (Å²) in [5.74, 6) is -1.16. The third-order valence-corrected chi connectivity index (χ3v) is 2.76. The highest BCUT2D eigenvalue weighted by Gasteiger charge is 2.04. The summed E-state index contributed by atoms with van der Waals surface area (Å²) in [6.07, 6.45) is 2.34. The van der Waals surface area contributed by atoms with Crippen LogP contribution in [0.15, 0.2) is 36.5 Å². The molecule has 0 saturated heterocycles. The molecule has 2 aromatic rings. The first-order valence-corrected chi connectivity index (χ1v) is 6.37. The van der Waals surface area contributed by atoms with E-state index in [2.05, 4.69) is 15.1 Å². The van der Waals surface area contributed by atoms with Gasteiger partial charge in [-0.05, 0) is 18.1 Å². The molecule has 2 amide bonds. The molecule has 2 rings (SSSR count). The van der Waals surface area contributed by atoms with E-state index in [-0.39, 0.29) is 0 Å². The van der Waals surface area contributed by atoms with Gasteiger partial charge >= 0.3 is 12.0 Å². The van der Waals surface area contributed by atoms with Crippen LogP contribution in [0.1, 0.15) is 5.56 Å². The van der Waals surface area contributed by atoms with Crippen LogP contribution in [0.5, 0.6) is 0 Å². The van der Waals surface area contributed by atoms with Crippen molar-refractivity contribution < 1.29 is 19.5 Å². The fourth-order valence-electron chi connectivity index (χ4n) is 1.88. The monoisotopic (exact) mass is 289 g/mol. The third kappa shape index (κ3) is 4.43. The average molecular weight is 289 g/mol. The van der Waals surface area contributed by atoms with Crippen LogP contribution < -0.4 is 10.8 Å². The van der Waals surface area contributed by atoms with Gasteiger partial charge in [0, 0.05) is 18.1 Å². The first kappa shape index (κ1) is 14.7. The molecule has 0 aliphatic rings. The summed E-state index contributed by atoms with van der Waals surface area (Å²) in [6, 6.07) is 9.14. The molecule has 21 heavy (non-hydrogen) atoms. The molecule has 3 N–H and O–H groups in total. The minimum atomic E-state index is -1.16. The highest BCUT2D eigenvalue weighted by molar-refractivity contribution is 5.81. The normalized spacial score (nSPS) is 10.3. The zero-order valence-corrected chi connectivity index (χ0v) is 11.2. The Kier molecular flexibility index (Phi) is 5.05. The predicted octanol–water partition coefficient (Wildman–Crippen LogP) is 1.09. The zero-order chi connectivity index (χ0) is 15.1. The zero-order valence-electron chi connectivity index (χ0n) is 11.2. The van der Waals surface area contributed by atoms with Gasteiger partial charge in [-0.15, -0.1) is 0 Å². The molecule has 7 heteroatoms. The molecule has 0 atom stereocenters. The summed E-state index contributed by atoms with van der Waals surface area (Å²) in [4.78, 5) is 30.3. The summed E-state index contributed by atoms with van der Waals surface area (Å²) in [5, 5.41) is 12.0. The number of aromatic nitrogens is 1. The summed E-state index contributed by atoms with van der Waals surface area (Å²) in [7, 11) is 0. The van der Waals surface area contributed by atoms with Gasteiger partial charge in [0.05, 0.1) is 5.52 Å². The van der Waals surface area contributed by atoms with Crippen LogP contribution in [0.4, 0.5) is 4.79 Å². The smallest absolute Gasteiger partial charge is 0.338 e. The standard InChI is InChI=1S/C14H15N3O4/c18-12(19)9-21-17-14(20)16-8-6-11-4-1-3-10-5-2-7-15-13(10)11/h1-5,7H,6,8-9H2,(H,18,19)(H2,16,17,20). The van der Waals surface area contributed by atoms with Crippen molar-refractivity contribution in [3.8, 4) is 0 Å². The van der Waals surface area contributed by atoms with Gasteiger partial charge in [0.15, 0.2) is 6.61 Å². The Hall–Kier alpha value is -2.67. The van der Waals surface area contributed by atoms with Gasteiger partial charge in [-0.2, -0.15) is 0 Å². The summed E-state index contributed by atoms with van der Waals surface area (Å²) >= 11 is 0. The fourth-order valence-corrected chi connectivity index (χ4v) is 1.88. The van der Waals surface area contributed by atoms with Crippen LogP contribution in [0.2, 0.25) is 0 Å². The number of fused-ring (bicyclic) bond motifs is 1. The van der Waals surface area contributed by atoms with E-state index in [4.69, 9.17) is 5.11 Å². The number of carbonyl (C=O) groups is 2. The van der Waals surface area contributed by atoms with Gasteiger partial charge in [-0.1, -0.05) is 24.3 Å². The Balaban J connectivity index is 1.82. The number of benzene rings is 1. The summed E-state index contributed by atoms with van der Waals surface area (Å²) in [6.45, 7) is -0.196. The van der Waals surface area contributed by atoms with E-state index in [9.17, 15) is 9.59 Å². The maximum Gasteiger partial charge on any atom is 0.338 e. The minimum absolute atomic E-state index is 0.387. The lowest BCUT2D eigenvalue weighted by Crippen LogP contribution is -2.37. The minimum Gasteiger partial charge on any atom is -0.479 e. The van der Waals surface area contributed by atoms with E-state index in [0.29, 0.717) is 13.0 Å². The number of carboxylic acid groups (broad SMARTS) is 1. The lowest BCUT2D eigenvalue weighted by Gasteiger charge is -2.08. The molecule has 0 aliphatic heterocycles. The van der Waals surface area contributed by atoms with E-state index in [1.54, 1.807) is 6.20 Å². The lowest BCUT2D eigenvalue weighted by molar-refractivity contribution is -0.144. The van der Waals surface area contributed by atoms with E-state index < -0.39 is 18.6 Å². The summed E-state index contributed by atoms with van der Waals surface area (Å²) in [5.41, 5.74) is 3.93. The lowest BCUT2D eigenvalue weighted by atomic mass is 10.1. The number of urea groups is 1. The molecule has 1 aromatic heterocycles. The number of hydrogen-bond acceptors (Lipinski definition) is 4. The largest absolute Gasteiger partial charge is 0.479 e. The number of rotatable bonds is 6. The molecule has 0 radical (unpaired) electrons. The van der Waals surface area contributed by atoms with Gasteiger partial charge in [-0.3, -0.25) is 9.82 Å². The molecule has 0 unspecified atom stereocenters. The van der Waals surface area contributed by atoms with Crippen molar-refractivity contribution in [3.05, 3.63) is 42.1 Å². The Bertz CT molecular complexity index is 640. The molecular formula is C14H15N3O4.